The molecule has 9 heteroatoms. The molecular weight excluding hydrogens is 469 g/mol. The Balaban J connectivity index is 1.32. The zero-order valence-electron chi connectivity index (χ0n) is 18.8. The van der Waals surface area contributed by atoms with Gasteiger partial charge in [-0.3, -0.25) is 9.59 Å². The molecule has 0 atom stereocenters. The number of hydrogen-bond acceptors (Lipinski definition) is 3. The Kier molecular flexibility index (Phi) is 7.07. The Bertz CT molecular complexity index is 1080. The summed E-state index contributed by atoms with van der Waals surface area (Å²) in [7, 11) is 1.60. The summed E-state index contributed by atoms with van der Waals surface area (Å²) >= 11 is 5.99. The van der Waals surface area contributed by atoms with Crippen molar-refractivity contribution in [2.45, 2.75) is 44.3 Å². The summed E-state index contributed by atoms with van der Waals surface area (Å²) in [5.74, 6) is 0.454. The van der Waals surface area contributed by atoms with Crippen LogP contribution in [-0.2, 0) is 12.6 Å². The van der Waals surface area contributed by atoms with E-state index in [4.69, 9.17) is 16.3 Å². The number of halogens is 4. The fraction of sp³-hybridized carbons (Fsp3) is 0.440. The Morgan fingerprint density at radius 2 is 1.91 bits per heavy atom. The third-order valence-corrected chi connectivity index (χ3v) is 7.03. The van der Waals surface area contributed by atoms with Crippen molar-refractivity contribution >= 4 is 23.4 Å². The van der Waals surface area contributed by atoms with Gasteiger partial charge in [-0.15, -0.1) is 0 Å². The highest BCUT2D eigenvalue weighted by molar-refractivity contribution is 6.33. The molecule has 1 fully saturated rings. The van der Waals surface area contributed by atoms with Crippen molar-refractivity contribution in [3.05, 3.63) is 63.7 Å². The maximum absolute atomic E-state index is 13.0. The van der Waals surface area contributed by atoms with Crippen molar-refractivity contribution in [2.75, 3.05) is 20.2 Å². The fourth-order valence-corrected chi connectivity index (χ4v) is 5.05. The van der Waals surface area contributed by atoms with E-state index in [1.54, 1.807) is 7.11 Å². The Labute approximate surface area is 201 Å². The molecule has 0 radical (unpaired) electrons. The van der Waals surface area contributed by atoms with Crippen LogP contribution in [0, 0.1) is 5.92 Å². The molecule has 34 heavy (non-hydrogen) atoms. The van der Waals surface area contributed by atoms with Crippen LogP contribution in [0.5, 0.6) is 5.75 Å². The molecule has 2 amide bonds. The highest BCUT2D eigenvalue weighted by Crippen LogP contribution is 2.33. The van der Waals surface area contributed by atoms with E-state index in [1.807, 2.05) is 23.1 Å². The monoisotopic (exact) mass is 494 g/mol. The second kappa shape index (κ2) is 9.86. The third-order valence-electron chi connectivity index (χ3n) is 6.70. The molecule has 4 rings (SSSR count). The number of alkyl halides is 3. The second-order valence-corrected chi connectivity index (χ2v) is 9.28. The van der Waals surface area contributed by atoms with Crippen LogP contribution in [-0.4, -0.2) is 43.0 Å². The van der Waals surface area contributed by atoms with Gasteiger partial charge in [-0.25, -0.2) is 0 Å². The molecule has 0 saturated heterocycles. The summed E-state index contributed by atoms with van der Waals surface area (Å²) in [5, 5.41) is 2.81. The molecule has 0 unspecified atom stereocenters. The van der Waals surface area contributed by atoms with Gasteiger partial charge in [-0.05, 0) is 68.4 Å². The molecule has 1 aliphatic heterocycles. The van der Waals surface area contributed by atoms with Gasteiger partial charge in [0, 0.05) is 30.3 Å². The van der Waals surface area contributed by atoms with Crippen LogP contribution in [0.25, 0.3) is 0 Å². The lowest BCUT2D eigenvalue weighted by molar-refractivity contribution is -0.137. The number of benzene rings is 2. The average molecular weight is 495 g/mol. The standard InChI is InChI=1S/C25H26ClF3N2O3/c1-34-22-4-2-3-19-18(22)11-12-31(24(19)33)14-15-5-8-17(9-6-15)30-23(32)20-13-16(25(27,28)29)7-10-21(20)26/h2-4,7,10,13,15,17H,5-6,8-9,11-12,14H2,1H3,(H,30,32). The molecule has 2 aromatic carbocycles. The number of hydrogen-bond donors (Lipinski definition) is 1. The number of carbonyl (C=O) groups excluding carboxylic acids is 2. The first-order valence-corrected chi connectivity index (χ1v) is 11.7. The lowest BCUT2D eigenvalue weighted by Gasteiger charge is -2.35. The molecule has 0 aromatic heterocycles. The highest BCUT2D eigenvalue weighted by Gasteiger charge is 2.33. The molecule has 182 valence electrons. The van der Waals surface area contributed by atoms with Gasteiger partial charge in [-0.1, -0.05) is 17.7 Å². The maximum atomic E-state index is 13.0. The molecule has 5 nitrogen and oxygen atoms in total. The number of ether oxygens (including phenoxy) is 1. The van der Waals surface area contributed by atoms with Crippen molar-refractivity contribution in [3.63, 3.8) is 0 Å². The topological polar surface area (TPSA) is 58.6 Å². The first-order chi connectivity index (χ1) is 16.2. The maximum Gasteiger partial charge on any atom is 0.416 e. The minimum atomic E-state index is -4.55. The summed E-state index contributed by atoms with van der Waals surface area (Å²) in [5.41, 5.74) is 0.554. The van der Waals surface area contributed by atoms with E-state index < -0.39 is 17.6 Å². The molecule has 1 saturated carbocycles. The van der Waals surface area contributed by atoms with Crippen LogP contribution in [0.4, 0.5) is 13.2 Å². The number of nitrogens with one attached hydrogen (secondary N) is 1. The van der Waals surface area contributed by atoms with Crippen LogP contribution in [0.15, 0.2) is 36.4 Å². The van der Waals surface area contributed by atoms with E-state index in [-0.39, 0.29) is 22.5 Å². The lowest BCUT2D eigenvalue weighted by Crippen LogP contribution is -2.43. The van der Waals surface area contributed by atoms with Crippen molar-refractivity contribution in [3.8, 4) is 5.75 Å². The van der Waals surface area contributed by atoms with Crippen LogP contribution in [0.3, 0.4) is 0 Å². The first kappa shape index (κ1) is 24.4. The number of rotatable bonds is 5. The molecule has 0 spiro atoms. The zero-order chi connectivity index (χ0) is 24.5. The molecule has 1 heterocycles. The third kappa shape index (κ3) is 5.17. The minimum Gasteiger partial charge on any atom is -0.496 e. The highest BCUT2D eigenvalue weighted by atomic mass is 35.5. The predicted octanol–water partition coefficient (Wildman–Crippen LogP) is 5.35. The number of amides is 2. The molecule has 2 aliphatic rings. The fourth-order valence-electron chi connectivity index (χ4n) is 4.85. The van der Waals surface area contributed by atoms with E-state index in [0.29, 0.717) is 37.4 Å². The Morgan fingerprint density at radius 1 is 1.18 bits per heavy atom. The van der Waals surface area contributed by atoms with Gasteiger partial charge in [0.15, 0.2) is 0 Å². The van der Waals surface area contributed by atoms with E-state index in [9.17, 15) is 22.8 Å². The smallest absolute Gasteiger partial charge is 0.416 e. The van der Waals surface area contributed by atoms with Crippen molar-refractivity contribution in [1.29, 1.82) is 0 Å². The zero-order valence-corrected chi connectivity index (χ0v) is 19.5. The van der Waals surface area contributed by atoms with Gasteiger partial charge in [0.2, 0.25) is 0 Å². The normalized spacial score (nSPS) is 20.6. The number of nitrogens with zero attached hydrogens (tertiary/aromatic N) is 1. The molecule has 1 N–H and O–H groups in total. The van der Waals surface area contributed by atoms with Crippen LogP contribution in [0.1, 0.15) is 57.5 Å². The Morgan fingerprint density at radius 3 is 2.59 bits per heavy atom. The number of carbonyl (C=O) groups is 2. The summed E-state index contributed by atoms with van der Waals surface area (Å²) in [6, 6.07) is 8.13. The van der Waals surface area contributed by atoms with Crippen LogP contribution < -0.4 is 10.1 Å². The van der Waals surface area contributed by atoms with Gasteiger partial charge < -0.3 is 15.0 Å². The summed E-state index contributed by atoms with van der Waals surface area (Å²) in [6.45, 7) is 1.28. The SMILES string of the molecule is COc1cccc2c1CCN(CC1CCC(NC(=O)c3cc(C(F)(F)F)ccc3Cl)CC1)C2=O. The Hall–Kier alpha value is -2.74. The van der Waals surface area contributed by atoms with Gasteiger partial charge in [0.1, 0.15) is 5.75 Å². The largest absolute Gasteiger partial charge is 0.496 e. The van der Waals surface area contributed by atoms with E-state index in [2.05, 4.69) is 5.32 Å². The van der Waals surface area contributed by atoms with E-state index in [1.165, 1.54) is 0 Å². The van der Waals surface area contributed by atoms with Crippen molar-refractivity contribution < 1.29 is 27.5 Å². The second-order valence-electron chi connectivity index (χ2n) is 8.87. The van der Waals surface area contributed by atoms with Crippen molar-refractivity contribution in [2.24, 2.45) is 5.92 Å². The molecular formula is C25H26ClF3N2O3. The number of methoxy groups -OCH3 is 1. The summed E-state index contributed by atoms with van der Waals surface area (Å²) in [6.07, 6.45) is -0.783. The van der Waals surface area contributed by atoms with Gasteiger partial charge in [0.05, 0.1) is 23.3 Å². The van der Waals surface area contributed by atoms with E-state index in [0.717, 1.165) is 48.8 Å². The van der Waals surface area contributed by atoms with Crippen molar-refractivity contribution in [1.82, 2.24) is 10.2 Å². The van der Waals surface area contributed by atoms with Gasteiger partial charge in [0.25, 0.3) is 11.8 Å². The molecule has 1 aliphatic carbocycles. The summed E-state index contributed by atoms with van der Waals surface area (Å²) < 4.78 is 44.4. The lowest BCUT2D eigenvalue weighted by atomic mass is 9.85. The summed E-state index contributed by atoms with van der Waals surface area (Å²) in [4.78, 5) is 27.5. The molecule has 2 aromatic rings. The average Bonchev–Trinajstić information content (AvgIpc) is 2.81. The quantitative estimate of drug-likeness (QED) is 0.609. The van der Waals surface area contributed by atoms with Crippen LogP contribution >= 0.6 is 11.6 Å². The van der Waals surface area contributed by atoms with Crippen LogP contribution in [0.2, 0.25) is 5.02 Å². The molecule has 0 bridgehead atoms. The number of fused-ring (bicyclic) bond motifs is 1. The van der Waals surface area contributed by atoms with Gasteiger partial charge >= 0.3 is 6.18 Å². The van der Waals surface area contributed by atoms with E-state index >= 15 is 0 Å². The van der Waals surface area contributed by atoms with Gasteiger partial charge in [-0.2, -0.15) is 13.2 Å². The minimum absolute atomic E-state index is 0.00904. The predicted molar refractivity (Wildman–Crippen MR) is 122 cm³/mol. The first-order valence-electron chi connectivity index (χ1n) is 11.3.